The minimum atomic E-state index is -1.35. The van der Waals surface area contributed by atoms with Crippen LogP contribution in [0.5, 0.6) is 0 Å². The van der Waals surface area contributed by atoms with E-state index in [1.807, 2.05) is 12.1 Å². The molecule has 1 fully saturated rings. The average molecular weight is 339 g/mol. The number of nitrogen functional groups attached to an aromatic ring is 1. The summed E-state index contributed by atoms with van der Waals surface area (Å²) in [7, 11) is 0. The summed E-state index contributed by atoms with van der Waals surface area (Å²) >= 11 is 0. The monoisotopic (exact) mass is 338 g/mol. The van der Waals surface area contributed by atoms with E-state index in [1.54, 1.807) is 19.9 Å². The number of alkyl halides is 1. The number of halogens is 1. The van der Waals surface area contributed by atoms with Crippen LogP contribution in [0.15, 0.2) is 18.2 Å². The van der Waals surface area contributed by atoms with E-state index in [4.69, 9.17) is 11.5 Å². The van der Waals surface area contributed by atoms with Gasteiger partial charge in [0.25, 0.3) is 0 Å². The predicted molar refractivity (Wildman–Crippen MR) is 103 cm³/mol. The lowest BCUT2D eigenvalue weighted by Crippen LogP contribution is -2.34. The lowest BCUT2D eigenvalue weighted by molar-refractivity contribution is 0.221. The van der Waals surface area contributed by atoms with Crippen molar-refractivity contribution >= 4 is 11.4 Å². The lowest BCUT2D eigenvalue weighted by Gasteiger charge is -2.35. The molecule has 138 valence electrons. The van der Waals surface area contributed by atoms with Crippen LogP contribution in [-0.4, -0.2) is 32.7 Å². The summed E-state index contributed by atoms with van der Waals surface area (Å²) in [4.78, 5) is 2.29. The van der Waals surface area contributed by atoms with E-state index in [0.717, 1.165) is 44.3 Å². The van der Waals surface area contributed by atoms with Crippen LogP contribution >= 0.6 is 0 Å². The molecule has 1 saturated heterocycles. The average Bonchev–Trinajstić information content (AvgIpc) is 2.53. The summed E-state index contributed by atoms with van der Waals surface area (Å²) in [6.45, 7) is 12.3. The first-order valence-electron chi connectivity index (χ1n) is 9.04. The Kier molecular flexibility index (Phi) is 8.50. The predicted octanol–water partition coefficient (Wildman–Crippen LogP) is 3.26. The first-order valence-corrected chi connectivity index (χ1v) is 9.04. The maximum Gasteiger partial charge on any atom is 0.132 e. The highest BCUT2D eigenvalue weighted by atomic mass is 19.1. The molecule has 0 radical (unpaired) electrons. The minimum Gasteiger partial charge on any atom is -0.399 e. The van der Waals surface area contributed by atoms with Gasteiger partial charge in [-0.15, -0.1) is 0 Å². The molecule has 1 heterocycles. The number of anilines is 2. The van der Waals surface area contributed by atoms with E-state index in [2.05, 4.69) is 24.1 Å². The van der Waals surface area contributed by atoms with E-state index in [1.165, 1.54) is 12.8 Å². The standard InChI is InChI=1S/C15H23FN2.C4H12N2/c1-11-6-8-18(9-7-11)14-5-4-12(17)10-13(14)15(2,3)16;1-2-6-4-3-5/h4-5,10-11H,6-9,17H2,1-3H3;6H,2-5H2,1H3. The molecule has 1 aliphatic heterocycles. The Morgan fingerprint density at radius 1 is 1.29 bits per heavy atom. The zero-order valence-electron chi connectivity index (χ0n) is 15.7. The molecule has 0 amide bonds. The van der Waals surface area contributed by atoms with Gasteiger partial charge in [0.15, 0.2) is 0 Å². The van der Waals surface area contributed by atoms with Gasteiger partial charge < -0.3 is 21.7 Å². The fraction of sp³-hybridized carbons (Fsp3) is 0.684. The van der Waals surface area contributed by atoms with Crippen molar-refractivity contribution in [2.24, 2.45) is 11.7 Å². The lowest BCUT2D eigenvalue weighted by atomic mass is 9.94. The van der Waals surface area contributed by atoms with Gasteiger partial charge in [-0.25, -0.2) is 4.39 Å². The largest absolute Gasteiger partial charge is 0.399 e. The fourth-order valence-corrected chi connectivity index (χ4v) is 2.83. The number of piperidine rings is 1. The van der Waals surface area contributed by atoms with Crippen molar-refractivity contribution in [2.75, 3.05) is 43.4 Å². The molecule has 1 aromatic rings. The number of nitrogens with one attached hydrogen (secondary N) is 1. The number of rotatable bonds is 5. The van der Waals surface area contributed by atoms with Gasteiger partial charge in [-0.1, -0.05) is 13.8 Å². The van der Waals surface area contributed by atoms with E-state index in [-0.39, 0.29) is 0 Å². The molecule has 5 heteroatoms. The summed E-state index contributed by atoms with van der Waals surface area (Å²) < 4.78 is 14.3. The van der Waals surface area contributed by atoms with Crippen LogP contribution in [0.25, 0.3) is 0 Å². The number of nitrogens with two attached hydrogens (primary N) is 2. The van der Waals surface area contributed by atoms with Gasteiger partial charge in [0.1, 0.15) is 5.67 Å². The van der Waals surface area contributed by atoms with Gasteiger partial charge in [-0.2, -0.15) is 0 Å². The molecule has 0 unspecified atom stereocenters. The molecular weight excluding hydrogens is 303 g/mol. The number of likely N-dealkylation sites (N-methyl/N-ethyl adjacent to an activating group) is 1. The highest BCUT2D eigenvalue weighted by Gasteiger charge is 2.26. The van der Waals surface area contributed by atoms with Crippen LogP contribution in [0.3, 0.4) is 0 Å². The smallest absolute Gasteiger partial charge is 0.132 e. The van der Waals surface area contributed by atoms with Crippen LogP contribution in [0, 0.1) is 5.92 Å². The molecule has 4 nitrogen and oxygen atoms in total. The quantitative estimate of drug-likeness (QED) is 0.569. The summed E-state index contributed by atoms with van der Waals surface area (Å²) in [5.41, 5.74) is 11.9. The van der Waals surface area contributed by atoms with Gasteiger partial charge in [-0.05, 0) is 57.4 Å². The number of hydrogen-bond donors (Lipinski definition) is 3. The Morgan fingerprint density at radius 2 is 1.92 bits per heavy atom. The molecule has 0 aliphatic carbocycles. The zero-order valence-corrected chi connectivity index (χ0v) is 15.7. The Balaban J connectivity index is 0.000000413. The Bertz CT molecular complexity index is 473. The van der Waals surface area contributed by atoms with Gasteiger partial charge in [0.2, 0.25) is 0 Å². The zero-order chi connectivity index (χ0) is 18.2. The number of benzene rings is 1. The fourth-order valence-electron chi connectivity index (χ4n) is 2.83. The molecule has 1 aromatic carbocycles. The Morgan fingerprint density at radius 3 is 2.38 bits per heavy atom. The van der Waals surface area contributed by atoms with Gasteiger partial charge in [0.05, 0.1) is 0 Å². The highest BCUT2D eigenvalue weighted by molar-refractivity contribution is 5.61. The molecule has 2 rings (SSSR count). The van der Waals surface area contributed by atoms with Crippen molar-refractivity contribution in [3.05, 3.63) is 23.8 Å². The summed E-state index contributed by atoms with van der Waals surface area (Å²) in [5, 5.41) is 3.07. The highest BCUT2D eigenvalue weighted by Crippen LogP contribution is 2.36. The van der Waals surface area contributed by atoms with Crippen LogP contribution in [0.2, 0.25) is 0 Å². The first kappa shape index (κ1) is 20.7. The van der Waals surface area contributed by atoms with Crippen molar-refractivity contribution in [2.45, 2.75) is 46.2 Å². The normalized spacial score (nSPS) is 15.8. The molecule has 0 spiro atoms. The van der Waals surface area contributed by atoms with Gasteiger partial charge >= 0.3 is 0 Å². The van der Waals surface area contributed by atoms with Crippen LogP contribution in [0.4, 0.5) is 15.8 Å². The second kappa shape index (κ2) is 9.84. The summed E-state index contributed by atoms with van der Waals surface area (Å²) in [5.74, 6) is 0.775. The topological polar surface area (TPSA) is 67.3 Å². The van der Waals surface area contributed by atoms with Crippen LogP contribution in [-0.2, 0) is 5.67 Å². The van der Waals surface area contributed by atoms with Crippen molar-refractivity contribution in [3.63, 3.8) is 0 Å². The molecule has 0 bridgehead atoms. The van der Waals surface area contributed by atoms with Gasteiger partial charge in [0, 0.05) is 43.1 Å². The van der Waals surface area contributed by atoms with Crippen molar-refractivity contribution < 1.29 is 4.39 Å². The maximum atomic E-state index is 14.3. The van der Waals surface area contributed by atoms with Crippen LogP contribution in [0.1, 0.15) is 46.1 Å². The molecule has 0 saturated carbocycles. The Labute approximate surface area is 146 Å². The molecule has 24 heavy (non-hydrogen) atoms. The summed E-state index contributed by atoms with van der Waals surface area (Å²) in [6.07, 6.45) is 2.35. The van der Waals surface area contributed by atoms with E-state index >= 15 is 0 Å². The SMILES string of the molecule is CC1CCN(c2ccc(N)cc2C(C)(C)F)CC1.CCNCCN. The Hall–Kier alpha value is -1.33. The third-order valence-electron chi connectivity index (χ3n) is 4.36. The second-order valence-electron chi connectivity index (χ2n) is 7.06. The third-order valence-corrected chi connectivity index (χ3v) is 4.36. The minimum absolute atomic E-state index is 0.629. The van der Waals surface area contributed by atoms with E-state index < -0.39 is 5.67 Å². The van der Waals surface area contributed by atoms with E-state index in [9.17, 15) is 4.39 Å². The van der Waals surface area contributed by atoms with E-state index in [0.29, 0.717) is 11.3 Å². The number of hydrogen-bond acceptors (Lipinski definition) is 4. The summed E-state index contributed by atoms with van der Waals surface area (Å²) in [6, 6.07) is 5.60. The van der Waals surface area contributed by atoms with Crippen molar-refractivity contribution in [1.29, 1.82) is 0 Å². The van der Waals surface area contributed by atoms with Crippen molar-refractivity contribution in [1.82, 2.24) is 5.32 Å². The van der Waals surface area contributed by atoms with Crippen molar-refractivity contribution in [3.8, 4) is 0 Å². The molecule has 5 N–H and O–H groups in total. The van der Waals surface area contributed by atoms with Crippen LogP contribution < -0.4 is 21.7 Å². The second-order valence-corrected chi connectivity index (χ2v) is 7.06. The maximum absolute atomic E-state index is 14.3. The first-order chi connectivity index (χ1) is 11.3. The molecule has 0 aromatic heterocycles. The third kappa shape index (κ3) is 6.65. The van der Waals surface area contributed by atoms with Gasteiger partial charge in [-0.3, -0.25) is 0 Å². The molecule has 0 atom stereocenters. The molecular formula is C19H35FN4. The molecule has 1 aliphatic rings. The number of nitrogens with zero attached hydrogens (tertiary/aromatic N) is 1.